The van der Waals surface area contributed by atoms with Crippen molar-refractivity contribution in [1.29, 1.82) is 0 Å². The molecule has 2 heterocycles. The summed E-state index contributed by atoms with van der Waals surface area (Å²) in [5.41, 5.74) is 0. The molecule has 0 aromatic rings. The summed E-state index contributed by atoms with van der Waals surface area (Å²) in [5.74, 6) is 0. The van der Waals surface area contributed by atoms with Gasteiger partial charge in [0, 0.05) is 32.8 Å². The summed E-state index contributed by atoms with van der Waals surface area (Å²) in [4.78, 5) is 10.0. The predicted octanol–water partition coefficient (Wildman–Crippen LogP) is -1.56. The number of carbonyl (C=O) groups excluding carboxylic acids is 1. The number of amides is 2. The highest BCUT2D eigenvalue weighted by atomic mass is 16.2. The van der Waals surface area contributed by atoms with Crippen LogP contribution in [0.3, 0.4) is 0 Å². The minimum absolute atomic E-state index is 0.0463. The first kappa shape index (κ1) is 8.29. The summed E-state index contributed by atoms with van der Waals surface area (Å²) in [6.45, 7) is 4.83. The molecule has 2 amide bonds. The van der Waals surface area contributed by atoms with Crippen molar-refractivity contribution in [1.82, 2.24) is 21.3 Å². The molecular formula is C6H14N4O. The van der Waals surface area contributed by atoms with Crippen LogP contribution in [0.2, 0.25) is 0 Å². The third-order valence-corrected chi connectivity index (χ3v) is 1.42. The van der Waals surface area contributed by atoms with Crippen molar-refractivity contribution in [3.05, 3.63) is 0 Å². The predicted molar refractivity (Wildman–Crippen MR) is 42.3 cm³/mol. The zero-order valence-electron chi connectivity index (χ0n) is 6.44. The molecule has 0 bridgehead atoms. The smallest absolute Gasteiger partial charge is 0.314 e. The van der Waals surface area contributed by atoms with Gasteiger partial charge in [0.1, 0.15) is 0 Å². The van der Waals surface area contributed by atoms with E-state index < -0.39 is 0 Å². The third-order valence-electron chi connectivity index (χ3n) is 1.42. The van der Waals surface area contributed by atoms with Crippen LogP contribution in [0.1, 0.15) is 0 Å². The number of urea groups is 1. The molecule has 2 saturated heterocycles. The van der Waals surface area contributed by atoms with E-state index in [4.69, 9.17) is 0 Å². The zero-order chi connectivity index (χ0) is 7.94. The van der Waals surface area contributed by atoms with Crippen LogP contribution in [-0.2, 0) is 0 Å². The maximum atomic E-state index is 10.0. The molecule has 0 atom stereocenters. The van der Waals surface area contributed by atoms with E-state index in [0.29, 0.717) is 0 Å². The van der Waals surface area contributed by atoms with Crippen molar-refractivity contribution in [2.75, 3.05) is 32.8 Å². The van der Waals surface area contributed by atoms with E-state index in [1.807, 2.05) is 0 Å². The molecule has 2 rings (SSSR count). The maximum absolute atomic E-state index is 10.0. The zero-order valence-corrected chi connectivity index (χ0v) is 6.44. The Labute approximate surface area is 65.9 Å². The number of nitrogens with one attached hydrogen (secondary N) is 4. The summed E-state index contributed by atoms with van der Waals surface area (Å²) in [6, 6.07) is -0.0463. The van der Waals surface area contributed by atoms with Gasteiger partial charge in [0.2, 0.25) is 0 Å². The van der Waals surface area contributed by atoms with Crippen molar-refractivity contribution in [2.45, 2.75) is 0 Å². The lowest BCUT2D eigenvalue weighted by molar-refractivity contribution is 0.248. The molecule has 11 heavy (non-hydrogen) atoms. The topological polar surface area (TPSA) is 65.2 Å². The fraction of sp³-hybridized carbons (Fsp3) is 0.833. The van der Waals surface area contributed by atoms with Crippen LogP contribution in [0.25, 0.3) is 0 Å². The molecule has 0 unspecified atom stereocenters. The van der Waals surface area contributed by atoms with E-state index in [9.17, 15) is 4.79 Å². The van der Waals surface area contributed by atoms with Gasteiger partial charge in [0.05, 0.1) is 0 Å². The van der Waals surface area contributed by atoms with Gasteiger partial charge in [-0.05, 0) is 0 Å². The first-order valence-corrected chi connectivity index (χ1v) is 3.83. The molecule has 0 aromatic heterocycles. The summed E-state index contributed by atoms with van der Waals surface area (Å²) >= 11 is 0. The Bertz CT molecular complexity index is 108. The highest BCUT2D eigenvalue weighted by Crippen LogP contribution is 1.70. The first-order chi connectivity index (χ1) is 5.39. The lowest BCUT2D eigenvalue weighted by Gasteiger charge is -1.80. The van der Waals surface area contributed by atoms with Gasteiger partial charge in [-0.1, -0.05) is 0 Å². The average molecular weight is 158 g/mol. The van der Waals surface area contributed by atoms with E-state index in [1.165, 1.54) is 0 Å². The summed E-state index contributed by atoms with van der Waals surface area (Å²) < 4.78 is 0. The molecule has 2 aliphatic heterocycles. The van der Waals surface area contributed by atoms with Gasteiger partial charge < -0.3 is 21.3 Å². The quantitative estimate of drug-likeness (QED) is 0.344. The van der Waals surface area contributed by atoms with Crippen LogP contribution in [-0.4, -0.2) is 38.9 Å². The minimum Gasteiger partial charge on any atom is -0.336 e. The second kappa shape index (κ2) is 4.92. The third kappa shape index (κ3) is 3.79. The monoisotopic (exact) mass is 158 g/mol. The Kier molecular flexibility index (Phi) is 3.71. The second-order valence-corrected chi connectivity index (χ2v) is 2.36. The minimum atomic E-state index is -0.0463. The van der Waals surface area contributed by atoms with Gasteiger partial charge >= 0.3 is 6.03 Å². The summed E-state index contributed by atoms with van der Waals surface area (Å²) in [5, 5.41) is 11.4. The van der Waals surface area contributed by atoms with Crippen molar-refractivity contribution in [3.8, 4) is 0 Å². The number of carbonyl (C=O) groups is 1. The molecular weight excluding hydrogens is 144 g/mol. The Morgan fingerprint density at radius 1 is 0.909 bits per heavy atom. The SMILES string of the molecule is C1CNCN1.O=C1NCCN1. The highest BCUT2D eigenvalue weighted by Gasteiger charge is 2.03. The van der Waals surface area contributed by atoms with Crippen LogP contribution in [0.15, 0.2) is 0 Å². The molecule has 0 saturated carbocycles. The number of hydrogen-bond acceptors (Lipinski definition) is 3. The Morgan fingerprint density at radius 2 is 1.45 bits per heavy atom. The van der Waals surface area contributed by atoms with Crippen LogP contribution in [0.4, 0.5) is 4.79 Å². The normalized spacial score (nSPS) is 21.6. The molecule has 5 nitrogen and oxygen atoms in total. The fourth-order valence-electron chi connectivity index (χ4n) is 0.857. The molecule has 5 heteroatoms. The van der Waals surface area contributed by atoms with Gasteiger partial charge in [-0.2, -0.15) is 0 Å². The van der Waals surface area contributed by atoms with Crippen LogP contribution >= 0.6 is 0 Å². The van der Waals surface area contributed by atoms with Gasteiger partial charge in [0.25, 0.3) is 0 Å². The van der Waals surface area contributed by atoms with Crippen molar-refractivity contribution < 1.29 is 4.79 Å². The van der Waals surface area contributed by atoms with Crippen molar-refractivity contribution in [2.24, 2.45) is 0 Å². The summed E-state index contributed by atoms with van der Waals surface area (Å²) in [6.07, 6.45) is 0. The van der Waals surface area contributed by atoms with E-state index >= 15 is 0 Å². The number of hydrogen-bond donors (Lipinski definition) is 4. The first-order valence-electron chi connectivity index (χ1n) is 3.83. The summed E-state index contributed by atoms with van der Waals surface area (Å²) in [7, 11) is 0. The molecule has 0 aromatic carbocycles. The number of rotatable bonds is 0. The van der Waals surface area contributed by atoms with Crippen molar-refractivity contribution >= 4 is 6.03 Å². The molecule has 64 valence electrons. The van der Waals surface area contributed by atoms with E-state index in [0.717, 1.165) is 32.8 Å². The van der Waals surface area contributed by atoms with Crippen LogP contribution in [0.5, 0.6) is 0 Å². The van der Waals surface area contributed by atoms with E-state index in [-0.39, 0.29) is 6.03 Å². The van der Waals surface area contributed by atoms with Gasteiger partial charge in [0.15, 0.2) is 0 Å². The molecule has 0 radical (unpaired) electrons. The average Bonchev–Trinajstić information content (AvgIpc) is 2.57. The maximum Gasteiger partial charge on any atom is 0.314 e. The molecule has 4 N–H and O–H groups in total. The highest BCUT2D eigenvalue weighted by molar-refractivity contribution is 5.75. The Hall–Kier alpha value is -0.810. The van der Waals surface area contributed by atoms with E-state index in [1.54, 1.807) is 0 Å². The lowest BCUT2D eigenvalue weighted by atomic mass is 10.7. The van der Waals surface area contributed by atoms with Gasteiger partial charge in [-0.15, -0.1) is 0 Å². The second-order valence-electron chi connectivity index (χ2n) is 2.36. The van der Waals surface area contributed by atoms with Crippen molar-refractivity contribution in [3.63, 3.8) is 0 Å². The lowest BCUT2D eigenvalue weighted by Crippen LogP contribution is -2.20. The Balaban J connectivity index is 0.000000112. The van der Waals surface area contributed by atoms with E-state index in [2.05, 4.69) is 21.3 Å². The molecule has 2 aliphatic rings. The largest absolute Gasteiger partial charge is 0.336 e. The molecule has 0 spiro atoms. The van der Waals surface area contributed by atoms with Gasteiger partial charge in [-0.25, -0.2) is 4.79 Å². The fourth-order valence-corrected chi connectivity index (χ4v) is 0.857. The molecule has 0 aliphatic carbocycles. The van der Waals surface area contributed by atoms with Crippen LogP contribution < -0.4 is 21.3 Å². The van der Waals surface area contributed by atoms with Crippen LogP contribution in [0, 0.1) is 0 Å². The molecule has 2 fully saturated rings. The Morgan fingerprint density at radius 3 is 1.64 bits per heavy atom. The standard InChI is InChI=1S/C3H6N2O.C3H8N2/c6-3-4-1-2-5-3;1-2-5-3-4-1/h1-2H2,(H2,4,5,6);4-5H,1-3H2. The van der Waals surface area contributed by atoms with Gasteiger partial charge in [-0.3, -0.25) is 0 Å².